The highest BCUT2D eigenvalue weighted by Crippen LogP contribution is 1.98. The summed E-state index contributed by atoms with van der Waals surface area (Å²) in [7, 11) is -1.41. The highest BCUT2D eigenvalue weighted by Gasteiger charge is 2.09. The average Bonchev–Trinajstić information content (AvgIpc) is 2.68. The highest BCUT2D eigenvalue weighted by atomic mass is 32.2. The smallest absolute Gasteiger partial charge is 0.304 e. The number of sulfonamides is 1. The molecule has 1 aromatic heterocycles. The second-order valence-electron chi connectivity index (χ2n) is 3.62. The number of aromatic amines is 1. The van der Waals surface area contributed by atoms with Gasteiger partial charge in [0.05, 0.1) is 12.3 Å². The Kier molecular flexibility index (Phi) is 5.83. The van der Waals surface area contributed by atoms with Gasteiger partial charge in [0, 0.05) is 11.1 Å². The Morgan fingerprint density at radius 2 is 2.18 bits per heavy atom. The molecule has 0 spiro atoms. The van der Waals surface area contributed by atoms with Crippen LogP contribution in [0, 0.1) is 0 Å². The number of thiazole rings is 1. The molecule has 1 aromatic rings. The zero-order chi connectivity index (χ0) is 12.7. The first kappa shape index (κ1) is 14.4. The van der Waals surface area contributed by atoms with Crippen LogP contribution in [-0.4, -0.2) is 32.7 Å². The first-order valence-electron chi connectivity index (χ1n) is 5.32. The van der Waals surface area contributed by atoms with Gasteiger partial charge in [-0.1, -0.05) is 11.3 Å². The number of unbranched alkanes of at least 4 members (excludes halogenated alkanes) is 1. The minimum absolute atomic E-state index is 0.114. The molecule has 0 amide bonds. The maximum atomic E-state index is 11.6. The van der Waals surface area contributed by atoms with Gasteiger partial charge in [0.1, 0.15) is 0 Å². The lowest BCUT2D eigenvalue weighted by molar-refractivity contribution is 0.575. The van der Waals surface area contributed by atoms with E-state index in [1.165, 1.54) is 0 Å². The Morgan fingerprint density at radius 3 is 2.76 bits per heavy atom. The molecule has 0 saturated heterocycles. The lowest BCUT2D eigenvalue weighted by Crippen LogP contribution is -2.26. The van der Waals surface area contributed by atoms with Crippen molar-refractivity contribution in [1.29, 1.82) is 0 Å². The van der Waals surface area contributed by atoms with E-state index in [9.17, 15) is 13.2 Å². The minimum atomic E-state index is -3.25. The van der Waals surface area contributed by atoms with E-state index in [1.807, 2.05) is 7.05 Å². The van der Waals surface area contributed by atoms with E-state index >= 15 is 0 Å². The molecule has 0 aliphatic carbocycles. The molecule has 98 valence electrons. The number of hydrogen-bond acceptors (Lipinski definition) is 5. The first-order valence-corrected chi connectivity index (χ1v) is 7.85. The van der Waals surface area contributed by atoms with Gasteiger partial charge in [-0.2, -0.15) is 0 Å². The Labute approximate surface area is 105 Å². The summed E-state index contributed by atoms with van der Waals surface area (Å²) in [6.07, 6.45) is 1.45. The van der Waals surface area contributed by atoms with Gasteiger partial charge in [0.2, 0.25) is 10.0 Å². The molecule has 0 saturated carbocycles. The van der Waals surface area contributed by atoms with Gasteiger partial charge in [-0.25, -0.2) is 13.1 Å². The summed E-state index contributed by atoms with van der Waals surface area (Å²) in [6, 6.07) is 0. The number of hydrogen-bond donors (Lipinski definition) is 3. The molecule has 0 aromatic carbocycles. The molecule has 0 unspecified atom stereocenters. The third kappa shape index (κ3) is 5.97. The van der Waals surface area contributed by atoms with Crippen LogP contribution in [0.1, 0.15) is 18.5 Å². The van der Waals surface area contributed by atoms with Crippen molar-refractivity contribution in [3.05, 3.63) is 20.7 Å². The van der Waals surface area contributed by atoms with E-state index < -0.39 is 10.0 Å². The quantitative estimate of drug-likeness (QED) is 0.577. The van der Waals surface area contributed by atoms with E-state index in [1.54, 1.807) is 5.38 Å². The molecule has 17 heavy (non-hydrogen) atoms. The molecular formula is C9H17N3O3S2. The second kappa shape index (κ2) is 6.90. The van der Waals surface area contributed by atoms with Crippen molar-refractivity contribution < 1.29 is 8.42 Å². The van der Waals surface area contributed by atoms with E-state index in [0.717, 1.165) is 24.3 Å². The van der Waals surface area contributed by atoms with Crippen LogP contribution in [0.2, 0.25) is 0 Å². The average molecular weight is 279 g/mol. The molecule has 1 rings (SSSR count). The van der Waals surface area contributed by atoms with Crippen molar-refractivity contribution in [3.8, 4) is 0 Å². The molecule has 0 bridgehead atoms. The largest absolute Gasteiger partial charge is 0.320 e. The van der Waals surface area contributed by atoms with Gasteiger partial charge in [-0.15, -0.1) is 0 Å². The SMILES string of the molecule is CNCCCCS(=O)(=O)NCc1csc(=O)[nH]1. The van der Waals surface area contributed by atoms with Crippen LogP contribution in [0.3, 0.4) is 0 Å². The van der Waals surface area contributed by atoms with Crippen LogP contribution in [-0.2, 0) is 16.6 Å². The molecule has 1 heterocycles. The summed E-state index contributed by atoms with van der Waals surface area (Å²) in [5.41, 5.74) is 0.596. The maximum Gasteiger partial charge on any atom is 0.304 e. The van der Waals surface area contributed by atoms with Gasteiger partial charge in [0.25, 0.3) is 0 Å². The fourth-order valence-corrected chi connectivity index (χ4v) is 2.94. The van der Waals surface area contributed by atoms with E-state index in [2.05, 4.69) is 15.0 Å². The second-order valence-corrected chi connectivity index (χ2v) is 6.39. The minimum Gasteiger partial charge on any atom is -0.320 e. The van der Waals surface area contributed by atoms with E-state index in [-0.39, 0.29) is 17.2 Å². The zero-order valence-electron chi connectivity index (χ0n) is 9.65. The zero-order valence-corrected chi connectivity index (χ0v) is 11.3. The van der Waals surface area contributed by atoms with Crippen molar-refractivity contribution in [1.82, 2.24) is 15.0 Å². The van der Waals surface area contributed by atoms with Gasteiger partial charge in [-0.3, -0.25) is 4.79 Å². The molecular weight excluding hydrogens is 262 g/mol. The van der Waals surface area contributed by atoms with Gasteiger partial charge < -0.3 is 10.3 Å². The number of nitrogens with one attached hydrogen (secondary N) is 3. The fraction of sp³-hybridized carbons (Fsp3) is 0.667. The van der Waals surface area contributed by atoms with Crippen LogP contribution < -0.4 is 14.9 Å². The normalized spacial score (nSPS) is 11.8. The lowest BCUT2D eigenvalue weighted by Gasteiger charge is -2.05. The summed E-state index contributed by atoms with van der Waals surface area (Å²) in [6.45, 7) is 0.959. The summed E-state index contributed by atoms with van der Waals surface area (Å²) >= 11 is 1.03. The van der Waals surface area contributed by atoms with Crippen LogP contribution in [0.25, 0.3) is 0 Å². The molecule has 8 heteroatoms. The van der Waals surface area contributed by atoms with Crippen LogP contribution in [0.15, 0.2) is 10.2 Å². The van der Waals surface area contributed by atoms with Crippen LogP contribution >= 0.6 is 11.3 Å². The Morgan fingerprint density at radius 1 is 1.41 bits per heavy atom. The van der Waals surface area contributed by atoms with Gasteiger partial charge >= 0.3 is 4.87 Å². The molecule has 3 N–H and O–H groups in total. The van der Waals surface area contributed by atoms with Crippen molar-refractivity contribution in [2.75, 3.05) is 19.3 Å². The molecule has 0 radical (unpaired) electrons. The van der Waals surface area contributed by atoms with E-state index in [4.69, 9.17) is 0 Å². The van der Waals surface area contributed by atoms with Gasteiger partial charge in [0.15, 0.2) is 0 Å². The molecule has 0 aliphatic rings. The molecule has 6 nitrogen and oxygen atoms in total. The Balaban J connectivity index is 2.32. The summed E-state index contributed by atoms with van der Waals surface area (Å²) in [5.74, 6) is 0.114. The Bertz CT molecular complexity index is 478. The summed E-state index contributed by atoms with van der Waals surface area (Å²) in [5, 5.41) is 4.58. The third-order valence-electron chi connectivity index (χ3n) is 2.14. The lowest BCUT2D eigenvalue weighted by atomic mass is 10.3. The predicted octanol–water partition coefficient (Wildman–Crippen LogP) is -0.145. The monoisotopic (exact) mass is 279 g/mol. The topological polar surface area (TPSA) is 91.1 Å². The van der Waals surface area contributed by atoms with E-state index in [0.29, 0.717) is 12.1 Å². The molecule has 0 aliphatic heterocycles. The van der Waals surface area contributed by atoms with Crippen molar-refractivity contribution in [2.24, 2.45) is 0 Å². The first-order chi connectivity index (χ1) is 8.03. The summed E-state index contributed by atoms with van der Waals surface area (Å²) < 4.78 is 25.6. The van der Waals surface area contributed by atoms with Crippen LogP contribution in [0.4, 0.5) is 0 Å². The van der Waals surface area contributed by atoms with Crippen molar-refractivity contribution >= 4 is 21.4 Å². The number of rotatable bonds is 8. The van der Waals surface area contributed by atoms with Gasteiger partial charge in [-0.05, 0) is 26.4 Å². The van der Waals surface area contributed by atoms with Crippen molar-refractivity contribution in [3.63, 3.8) is 0 Å². The standard InChI is InChI=1S/C9H17N3O3S2/c1-10-4-2-3-5-17(14,15)11-6-8-7-16-9(13)12-8/h7,10-11H,2-6H2,1H3,(H,12,13). The number of H-pyrrole nitrogens is 1. The highest BCUT2D eigenvalue weighted by molar-refractivity contribution is 7.89. The Hall–Kier alpha value is -0.700. The number of aromatic nitrogens is 1. The summed E-state index contributed by atoms with van der Waals surface area (Å²) in [4.78, 5) is 13.2. The molecule has 0 atom stereocenters. The fourth-order valence-electron chi connectivity index (χ4n) is 1.25. The molecule has 0 fully saturated rings. The third-order valence-corrected chi connectivity index (χ3v) is 4.27. The van der Waals surface area contributed by atoms with Crippen LogP contribution in [0.5, 0.6) is 0 Å². The maximum absolute atomic E-state index is 11.6. The van der Waals surface area contributed by atoms with Crippen molar-refractivity contribution in [2.45, 2.75) is 19.4 Å². The predicted molar refractivity (Wildman–Crippen MR) is 68.7 cm³/mol.